The molecule has 2 atom stereocenters. The lowest BCUT2D eigenvalue weighted by Gasteiger charge is -2.29. The molecule has 0 aliphatic carbocycles. The summed E-state index contributed by atoms with van der Waals surface area (Å²) in [5.41, 5.74) is 1.15. The van der Waals surface area contributed by atoms with Crippen molar-refractivity contribution in [1.82, 2.24) is 15.5 Å². The van der Waals surface area contributed by atoms with E-state index in [0.29, 0.717) is 19.6 Å². The predicted octanol–water partition coefficient (Wildman–Crippen LogP) is 2.89. The molecule has 1 aromatic carbocycles. The molecule has 2 aliphatic rings. The van der Waals surface area contributed by atoms with Crippen LogP contribution in [0.4, 0.5) is 0 Å². The summed E-state index contributed by atoms with van der Waals surface area (Å²) < 4.78 is 11.2. The molecule has 0 radical (unpaired) electrons. The zero-order chi connectivity index (χ0) is 20.8. The van der Waals surface area contributed by atoms with Crippen LogP contribution >= 0.6 is 0 Å². The van der Waals surface area contributed by atoms with Crippen molar-refractivity contribution >= 4 is 11.9 Å². The lowest BCUT2D eigenvalue weighted by Crippen LogP contribution is -2.47. The van der Waals surface area contributed by atoms with Gasteiger partial charge in [0.2, 0.25) is 5.91 Å². The molecular weight excluding hydrogens is 380 g/mol. The number of nitrogens with one attached hydrogen (secondary N) is 2. The van der Waals surface area contributed by atoms with E-state index in [0.717, 1.165) is 55.4 Å². The summed E-state index contributed by atoms with van der Waals surface area (Å²) in [5.74, 6) is 2.84. The molecule has 160 valence electrons. The van der Waals surface area contributed by atoms with Gasteiger partial charge >= 0.3 is 0 Å². The second-order valence-electron chi connectivity index (χ2n) is 7.75. The monoisotopic (exact) mass is 410 g/mol. The van der Waals surface area contributed by atoms with E-state index in [1.54, 1.807) is 6.26 Å². The Labute approximate surface area is 177 Å². The topological polar surface area (TPSA) is 79.1 Å². The predicted molar refractivity (Wildman–Crippen MR) is 116 cm³/mol. The van der Waals surface area contributed by atoms with Gasteiger partial charge in [-0.2, -0.15) is 0 Å². The average Bonchev–Trinajstić information content (AvgIpc) is 3.46. The lowest BCUT2D eigenvalue weighted by atomic mass is 10.0. The van der Waals surface area contributed by atoms with Crippen molar-refractivity contribution in [3.05, 3.63) is 54.0 Å². The van der Waals surface area contributed by atoms with Gasteiger partial charge in [0.15, 0.2) is 5.96 Å². The maximum atomic E-state index is 12.0. The molecule has 2 aliphatic heterocycles. The third-order valence-electron chi connectivity index (χ3n) is 5.66. The number of carbonyl (C=O) groups excluding carboxylic acids is 1. The first-order chi connectivity index (χ1) is 14.7. The number of carbonyl (C=O) groups is 1. The van der Waals surface area contributed by atoms with Crippen molar-refractivity contribution in [2.24, 2.45) is 4.99 Å². The SMILES string of the molecule is CCC(=O)N1CCC(NC(=NCCc2ccco2)NC2CCOc3ccccc32)C1. The molecule has 2 aromatic rings. The van der Waals surface area contributed by atoms with Crippen LogP contribution < -0.4 is 15.4 Å². The van der Waals surface area contributed by atoms with Crippen LogP contribution in [0.5, 0.6) is 5.75 Å². The number of amides is 1. The zero-order valence-corrected chi connectivity index (χ0v) is 17.5. The highest BCUT2D eigenvalue weighted by Gasteiger charge is 2.27. The van der Waals surface area contributed by atoms with Gasteiger partial charge in [-0.05, 0) is 24.6 Å². The van der Waals surface area contributed by atoms with Crippen LogP contribution in [0.2, 0.25) is 0 Å². The molecule has 4 rings (SSSR count). The smallest absolute Gasteiger partial charge is 0.222 e. The van der Waals surface area contributed by atoms with Crippen molar-refractivity contribution in [3.8, 4) is 5.75 Å². The minimum absolute atomic E-state index is 0.139. The molecular formula is C23H30N4O3. The average molecular weight is 411 g/mol. The lowest BCUT2D eigenvalue weighted by molar-refractivity contribution is -0.129. The van der Waals surface area contributed by atoms with Gasteiger partial charge < -0.3 is 24.7 Å². The zero-order valence-electron chi connectivity index (χ0n) is 17.5. The molecule has 0 bridgehead atoms. The molecule has 2 unspecified atom stereocenters. The van der Waals surface area contributed by atoms with Gasteiger partial charge in [-0.25, -0.2) is 0 Å². The number of hydrogen-bond donors (Lipinski definition) is 2. The van der Waals surface area contributed by atoms with Crippen molar-refractivity contribution in [1.29, 1.82) is 0 Å². The number of furan rings is 1. The first-order valence-corrected chi connectivity index (χ1v) is 10.8. The molecule has 0 saturated carbocycles. The quantitative estimate of drug-likeness (QED) is 0.566. The Balaban J connectivity index is 1.44. The van der Waals surface area contributed by atoms with Crippen LogP contribution in [0.25, 0.3) is 0 Å². The van der Waals surface area contributed by atoms with E-state index >= 15 is 0 Å². The van der Waals surface area contributed by atoms with Crippen molar-refractivity contribution in [2.75, 3.05) is 26.2 Å². The summed E-state index contributed by atoms with van der Waals surface area (Å²) in [6.45, 7) is 4.73. The molecule has 0 spiro atoms. The van der Waals surface area contributed by atoms with E-state index in [1.165, 1.54) is 0 Å². The Kier molecular flexibility index (Phi) is 6.57. The van der Waals surface area contributed by atoms with Crippen LogP contribution in [0.3, 0.4) is 0 Å². The molecule has 3 heterocycles. The van der Waals surface area contributed by atoms with Crippen LogP contribution in [-0.2, 0) is 11.2 Å². The maximum absolute atomic E-state index is 12.0. The number of nitrogens with zero attached hydrogens (tertiary/aromatic N) is 2. The highest BCUT2D eigenvalue weighted by atomic mass is 16.5. The van der Waals surface area contributed by atoms with E-state index in [-0.39, 0.29) is 18.0 Å². The number of rotatable bonds is 6. The van der Waals surface area contributed by atoms with E-state index in [4.69, 9.17) is 14.1 Å². The van der Waals surface area contributed by atoms with Gasteiger partial charge in [0.05, 0.1) is 18.9 Å². The molecule has 7 heteroatoms. The highest BCUT2D eigenvalue weighted by molar-refractivity contribution is 5.81. The standard InChI is InChI=1S/C23H30N4O3/c1-2-22(28)27-13-10-17(16-27)25-23(24-12-9-18-6-5-14-29-18)26-20-11-15-30-21-8-4-3-7-19(20)21/h3-8,14,17,20H,2,9-13,15-16H2,1H3,(H2,24,25,26). The van der Waals surface area contributed by atoms with Gasteiger partial charge in [0.25, 0.3) is 0 Å². The molecule has 2 N–H and O–H groups in total. The molecule has 1 amide bonds. The fourth-order valence-electron chi connectivity index (χ4n) is 4.04. The van der Waals surface area contributed by atoms with E-state index in [9.17, 15) is 4.79 Å². The number of ether oxygens (including phenoxy) is 1. The number of likely N-dealkylation sites (tertiary alicyclic amines) is 1. The third-order valence-corrected chi connectivity index (χ3v) is 5.66. The Morgan fingerprint density at radius 1 is 1.20 bits per heavy atom. The normalized spacial score (nSPS) is 21.1. The number of hydrogen-bond acceptors (Lipinski definition) is 4. The van der Waals surface area contributed by atoms with E-state index in [1.807, 2.05) is 42.2 Å². The van der Waals surface area contributed by atoms with Gasteiger partial charge in [0, 0.05) is 50.5 Å². The number of benzene rings is 1. The van der Waals surface area contributed by atoms with Gasteiger partial charge in [0.1, 0.15) is 11.5 Å². The van der Waals surface area contributed by atoms with Crippen LogP contribution in [0.1, 0.15) is 43.6 Å². The van der Waals surface area contributed by atoms with Gasteiger partial charge in [-0.3, -0.25) is 9.79 Å². The van der Waals surface area contributed by atoms with Crippen LogP contribution in [0, 0.1) is 0 Å². The largest absolute Gasteiger partial charge is 0.493 e. The summed E-state index contributed by atoms with van der Waals surface area (Å²) >= 11 is 0. The minimum atomic E-state index is 0.139. The fraction of sp³-hybridized carbons (Fsp3) is 0.478. The van der Waals surface area contributed by atoms with Gasteiger partial charge in [-0.1, -0.05) is 25.1 Å². The Hall–Kier alpha value is -2.96. The Morgan fingerprint density at radius 2 is 2.10 bits per heavy atom. The first kappa shape index (κ1) is 20.3. The minimum Gasteiger partial charge on any atom is -0.493 e. The number of fused-ring (bicyclic) bond motifs is 1. The molecule has 1 saturated heterocycles. The van der Waals surface area contributed by atoms with Crippen LogP contribution in [0.15, 0.2) is 52.1 Å². The fourth-order valence-corrected chi connectivity index (χ4v) is 4.04. The van der Waals surface area contributed by atoms with Crippen molar-refractivity contribution in [2.45, 2.75) is 44.7 Å². The van der Waals surface area contributed by atoms with E-state index in [2.05, 4.69) is 16.7 Å². The number of guanidine groups is 1. The summed E-state index contributed by atoms with van der Waals surface area (Å²) in [5, 5.41) is 7.16. The molecule has 1 aromatic heterocycles. The summed E-state index contributed by atoms with van der Waals surface area (Å²) in [6, 6.07) is 12.3. The number of aliphatic imine (C=N–C) groups is 1. The third kappa shape index (κ3) is 4.96. The van der Waals surface area contributed by atoms with Crippen molar-refractivity contribution in [3.63, 3.8) is 0 Å². The maximum Gasteiger partial charge on any atom is 0.222 e. The van der Waals surface area contributed by atoms with Crippen LogP contribution in [-0.4, -0.2) is 49.0 Å². The Bertz CT molecular complexity index is 865. The number of para-hydroxylation sites is 1. The second kappa shape index (κ2) is 9.69. The Morgan fingerprint density at radius 3 is 2.93 bits per heavy atom. The summed E-state index contributed by atoms with van der Waals surface area (Å²) in [6.07, 6.45) is 4.78. The molecule has 1 fully saturated rings. The summed E-state index contributed by atoms with van der Waals surface area (Å²) in [7, 11) is 0. The first-order valence-electron chi connectivity index (χ1n) is 10.8. The van der Waals surface area contributed by atoms with E-state index < -0.39 is 0 Å². The second-order valence-corrected chi connectivity index (χ2v) is 7.75. The van der Waals surface area contributed by atoms with Gasteiger partial charge in [-0.15, -0.1) is 0 Å². The molecule has 30 heavy (non-hydrogen) atoms. The summed E-state index contributed by atoms with van der Waals surface area (Å²) in [4.78, 5) is 18.8. The molecule has 7 nitrogen and oxygen atoms in total. The van der Waals surface area contributed by atoms with Crippen molar-refractivity contribution < 1.29 is 13.9 Å². The highest BCUT2D eigenvalue weighted by Crippen LogP contribution is 2.31.